The third-order valence-electron chi connectivity index (χ3n) is 6.16. The molecule has 1 aliphatic rings. The van der Waals surface area contributed by atoms with Crippen molar-refractivity contribution in [1.82, 2.24) is 0 Å². The molecule has 184 valence electrons. The lowest BCUT2D eigenvalue weighted by Crippen LogP contribution is -2.40. The molecule has 1 aliphatic heterocycles. The standard InChI is InChI=1S/C26H50O5/c1-2-3-4-5-6-7-8-9-10-11-12-13-14-15-16-17-18-19-20-30-21-24(28)26-25(29)23(27)22-31-26/h8-9,23-29H,2-7,10-22H2,1H3/b9-8+/t23-,24+,25+,26+/m0/s1. The van der Waals surface area contributed by atoms with Crippen LogP contribution < -0.4 is 0 Å². The van der Waals surface area contributed by atoms with E-state index in [2.05, 4.69) is 19.1 Å². The van der Waals surface area contributed by atoms with Crippen LogP contribution in [0.25, 0.3) is 0 Å². The average molecular weight is 443 g/mol. The largest absolute Gasteiger partial charge is 0.388 e. The molecule has 1 heterocycles. The lowest BCUT2D eigenvalue weighted by atomic mass is 10.1. The van der Waals surface area contributed by atoms with Crippen molar-refractivity contribution in [2.45, 2.75) is 134 Å². The molecule has 1 fully saturated rings. The summed E-state index contributed by atoms with van der Waals surface area (Å²) in [5, 5.41) is 29.1. The smallest absolute Gasteiger partial charge is 0.114 e. The average Bonchev–Trinajstić information content (AvgIpc) is 3.10. The number of aliphatic hydroxyl groups is 3. The van der Waals surface area contributed by atoms with Gasteiger partial charge in [0.2, 0.25) is 0 Å². The van der Waals surface area contributed by atoms with Crippen molar-refractivity contribution in [2.24, 2.45) is 0 Å². The van der Waals surface area contributed by atoms with Crippen LogP contribution in [0.1, 0.15) is 110 Å². The van der Waals surface area contributed by atoms with E-state index in [-0.39, 0.29) is 13.2 Å². The highest BCUT2D eigenvalue weighted by molar-refractivity contribution is 4.87. The Hall–Kier alpha value is -0.460. The van der Waals surface area contributed by atoms with Gasteiger partial charge < -0.3 is 24.8 Å². The zero-order valence-electron chi connectivity index (χ0n) is 20.1. The number of unbranched alkanes of at least 4 members (excludes halogenated alkanes) is 14. The summed E-state index contributed by atoms with van der Waals surface area (Å²) in [6.45, 7) is 3.10. The van der Waals surface area contributed by atoms with Crippen LogP contribution in [0.15, 0.2) is 12.2 Å². The quantitative estimate of drug-likeness (QED) is 0.166. The van der Waals surface area contributed by atoms with Crippen LogP contribution in [-0.2, 0) is 9.47 Å². The van der Waals surface area contributed by atoms with E-state index in [1.807, 2.05) is 0 Å². The summed E-state index contributed by atoms with van der Waals surface area (Å²) in [6, 6.07) is 0. The van der Waals surface area contributed by atoms with Crippen LogP contribution in [0.4, 0.5) is 0 Å². The topological polar surface area (TPSA) is 79.2 Å². The minimum absolute atomic E-state index is 0.0686. The molecule has 0 aromatic heterocycles. The van der Waals surface area contributed by atoms with Crippen molar-refractivity contribution in [1.29, 1.82) is 0 Å². The Morgan fingerprint density at radius 3 is 1.84 bits per heavy atom. The van der Waals surface area contributed by atoms with E-state index in [9.17, 15) is 15.3 Å². The fourth-order valence-corrected chi connectivity index (χ4v) is 4.07. The predicted molar refractivity (Wildman–Crippen MR) is 127 cm³/mol. The maximum absolute atomic E-state index is 9.96. The van der Waals surface area contributed by atoms with Crippen molar-refractivity contribution in [3.63, 3.8) is 0 Å². The summed E-state index contributed by atoms with van der Waals surface area (Å²) < 4.78 is 10.7. The van der Waals surface area contributed by atoms with E-state index in [1.54, 1.807) is 0 Å². The molecule has 0 unspecified atom stereocenters. The second-order valence-electron chi connectivity index (χ2n) is 9.14. The fraction of sp³-hybridized carbons (Fsp3) is 0.923. The van der Waals surface area contributed by atoms with Crippen LogP contribution >= 0.6 is 0 Å². The zero-order valence-corrected chi connectivity index (χ0v) is 20.1. The number of aliphatic hydroxyl groups excluding tert-OH is 3. The lowest BCUT2D eigenvalue weighted by Gasteiger charge is -2.20. The normalized spacial score (nSPS) is 22.5. The minimum atomic E-state index is -1.03. The number of allylic oxidation sites excluding steroid dienone is 2. The second kappa shape index (κ2) is 20.2. The molecule has 0 aromatic carbocycles. The van der Waals surface area contributed by atoms with Crippen LogP contribution in [0.5, 0.6) is 0 Å². The van der Waals surface area contributed by atoms with Crippen molar-refractivity contribution in [3.8, 4) is 0 Å². The molecule has 0 aliphatic carbocycles. The van der Waals surface area contributed by atoms with Crippen molar-refractivity contribution in [2.75, 3.05) is 19.8 Å². The Morgan fingerprint density at radius 2 is 1.32 bits per heavy atom. The molecular formula is C26H50O5. The summed E-state index contributed by atoms with van der Waals surface area (Å²) in [4.78, 5) is 0. The first-order valence-corrected chi connectivity index (χ1v) is 13.0. The fourth-order valence-electron chi connectivity index (χ4n) is 4.07. The monoisotopic (exact) mass is 442 g/mol. The summed E-state index contributed by atoms with van der Waals surface area (Å²) in [5.74, 6) is 0. The molecule has 31 heavy (non-hydrogen) atoms. The SMILES string of the molecule is CCCCCCC/C=C/CCCCCCCCCCCOC[C@@H](O)[C@H]1OC[C@H](O)[C@H]1O. The highest BCUT2D eigenvalue weighted by Gasteiger charge is 2.39. The third kappa shape index (κ3) is 15.1. The summed E-state index contributed by atoms with van der Waals surface area (Å²) in [5.41, 5.74) is 0. The van der Waals surface area contributed by atoms with Crippen LogP contribution in [0, 0.1) is 0 Å². The van der Waals surface area contributed by atoms with E-state index < -0.39 is 24.4 Å². The molecule has 1 saturated heterocycles. The van der Waals surface area contributed by atoms with Gasteiger partial charge in [-0.1, -0.05) is 89.7 Å². The molecule has 0 radical (unpaired) electrons. The second-order valence-corrected chi connectivity index (χ2v) is 9.14. The first-order valence-electron chi connectivity index (χ1n) is 13.0. The van der Waals surface area contributed by atoms with Gasteiger partial charge in [-0.15, -0.1) is 0 Å². The molecule has 0 spiro atoms. The first kappa shape index (κ1) is 28.6. The highest BCUT2D eigenvalue weighted by atomic mass is 16.5. The molecule has 0 amide bonds. The molecule has 4 atom stereocenters. The Balaban J connectivity index is 1.75. The molecule has 3 N–H and O–H groups in total. The maximum Gasteiger partial charge on any atom is 0.114 e. The number of hydrogen-bond donors (Lipinski definition) is 3. The number of hydrogen-bond acceptors (Lipinski definition) is 5. The molecule has 0 bridgehead atoms. The maximum atomic E-state index is 9.96. The van der Waals surface area contributed by atoms with Crippen molar-refractivity contribution in [3.05, 3.63) is 12.2 Å². The number of ether oxygens (including phenoxy) is 2. The summed E-state index contributed by atoms with van der Waals surface area (Å²) in [7, 11) is 0. The Kier molecular flexibility index (Phi) is 18.6. The van der Waals surface area contributed by atoms with Crippen LogP contribution in [0.2, 0.25) is 0 Å². The van der Waals surface area contributed by atoms with Gasteiger partial charge in [-0.2, -0.15) is 0 Å². The van der Waals surface area contributed by atoms with E-state index in [0.29, 0.717) is 6.61 Å². The van der Waals surface area contributed by atoms with E-state index in [0.717, 1.165) is 12.8 Å². The Bertz CT molecular complexity index is 415. The number of rotatable bonds is 21. The Labute approximate surface area is 191 Å². The van der Waals surface area contributed by atoms with Gasteiger partial charge in [0.05, 0.1) is 13.2 Å². The van der Waals surface area contributed by atoms with Crippen molar-refractivity contribution >= 4 is 0 Å². The summed E-state index contributed by atoms with van der Waals surface area (Å²) >= 11 is 0. The van der Waals surface area contributed by atoms with Crippen LogP contribution in [-0.4, -0.2) is 59.6 Å². The van der Waals surface area contributed by atoms with E-state index in [4.69, 9.17) is 9.47 Å². The van der Waals surface area contributed by atoms with Gasteiger partial charge in [0, 0.05) is 6.61 Å². The Morgan fingerprint density at radius 1 is 0.806 bits per heavy atom. The molecule has 1 rings (SSSR count). The zero-order chi connectivity index (χ0) is 22.6. The first-order chi connectivity index (χ1) is 15.2. The third-order valence-corrected chi connectivity index (χ3v) is 6.16. The molecule has 5 nitrogen and oxygen atoms in total. The molecule has 0 aromatic rings. The predicted octanol–water partition coefficient (Wildman–Crippen LogP) is 5.30. The molecule has 5 heteroatoms. The summed E-state index contributed by atoms with van der Waals surface area (Å²) in [6.07, 6.45) is 22.0. The van der Waals surface area contributed by atoms with Gasteiger partial charge in [-0.25, -0.2) is 0 Å². The van der Waals surface area contributed by atoms with Crippen LogP contribution in [0.3, 0.4) is 0 Å². The molecule has 0 saturated carbocycles. The lowest BCUT2D eigenvalue weighted by molar-refractivity contribution is -0.0813. The van der Waals surface area contributed by atoms with Crippen molar-refractivity contribution < 1.29 is 24.8 Å². The van der Waals surface area contributed by atoms with Gasteiger partial charge in [0.1, 0.15) is 24.4 Å². The van der Waals surface area contributed by atoms with E-state index >= 15 is 0 Å². The highest BCUT2D eigenvalue weighted by Crippen LogP contribution is 2.18. The van der Waals surface area contributed by atoms with Gasteiger partial charge in [0.25, 0.3) is 0 Å². The van der Waals surface area contributed by atoms with E-state index in [1.165, 1.54) is 89.9 Å². The van der Waals surface area contributed by atoms with Gasteiger partial charge >= 0.3 is 0 Å². The van der Waals surface area contributed by atoms with Gasteiger partial charge in [-0.05, 0) is 32.1 Å². The molecular weight excluding hydrogens is 392 g/mol. The van der Waals surface area contributed by atoms with Gasteiger partial charge in [-0.3, -0.25) is 0 Å². The van der Waals surface area contributed by atoms with Gasteiger partial charge in [0.15, 0.2) is 0 Å². The minimum Gasteiger partial charge on any atom is -0.388 e.